The van der Waals surface area contributed by atoms with Crippen LogP contribution in [0.5, 0.6) is 0 Å². The highest BCUT2D eigenvalue weighted by molar-refractivity contribution is 5.95. The van der Waals surface area contributed by atoms with Crippen LogP contribution in [0.15, 0.2) is 56.5 Å². The van der Waals surface area contributed by atoms with Crippen LogP contribution in [0, 0.1) is 24.0 Å². The molecule has 41 heavy (non-hydrogen) atoms. The van der Waals surface area contributed by atoms with E-state index in [1.807, 2.05) is 20.8 Å². The van der Waals surface area contributed by atoms with Crippen LogP contribution in [0.3, 0.4) is 0 Å². The first-order chi connectivity index (χ1) is 19.1. The third-order valence-corrected chi connectivity index (χ3v) is 7.42. The lowest BCUT2D eigenvalue weighted by Gasteiger charge is -2.34. The van der Waals surface area contributed by atoms with E-state index in [9.17, 15) is 29.0 Å². The van der Waals surface area contributed by atoms with Crippen LogP contribution in [-0.2, 0) is 12.3 Å². The van der Waals surface area contributed by atoms with Gasteiger partial charge in [-0.05, 0) is 61.7 Å². The number of carboxylic acids is 1. The van der Waals surface area contributed by atoms with Crippen LogP contribution in [0.4, 0.5) is 31.5 Å². The van der Waals surface area contributed by atoms with Crippen molar-refractivity contribution in [2.75, 3.05) is 15.5 Å². The van der Waals surface area contributed by atoms with E-state index in [0.29, 0.717) is 11.5 Å². The van der Waals surface area contributed by atoms with Crippen molar-refractivity contribution in [2.45, 2.75) is 52.9 Å². The summed E-state index contributed by atoms with van der Waals surface area (Å²) in [5, 5.41) is 27.4. The molecule has 0 spiro atoms. The Hall–Kier alpha value is -4.51. The predicted molar refractivity (Wildman–Crippen MR) is 149 cm³/mol. The minimum Gasteiger partial charge on any atom is -0.478 e. The maximum Gasteiger partial charge on any atom is 0.337 e. The average molecular weight is 566 g/mol. The number of hydrogen-bond acceptors (Lipinski definition) is 8. The molecule has 0 saturated carbocycles. The number of aryl methyl sites for hydroxylation is 1. The van der Waals surface area contributed by atoms with Gasteiger partial charge in [-0.1, -0.05) is 20.8 Å². The van der Waals surface area contributed by atoms with Crippen molar-refractivity contribution in [1.29, 1.82) is 0 Å². The van der Waals surface area contributed by atoms with Crippen LogP contribution in [0.1, 0.15) is 66.7 Å². The molecule has 0 bridgehead atoms. The predicted octanol–water partition coefficient (Wildman–Crippen LogP) is 5.29. The molecular formula is C30H29F2N3O6. The number of aliphatic hydroxyl groups is 1. The lowest BCUT2D eigenvalue weighted by atomic mass is 9.84. The van der Waals surface area contributed by atoms with Crippen LogP contribution < -0.4 is 26.4 Å². The van der Waals surface area contributed by atoms with Gasteiger partial charge in [-0.2, -0.15) is 0 Å². The van der Waals surface area contributed by atoms with Gasteiger partial charge < -0.3 is 30.2 Å². The zero-order valence-corrected chi connectivity index (χ0v) is 23.1. The first-order valence-corrected chi connectivity index (χ1v) is 12.9. The molecule has 2 atom stereocenters. The van der Waals surface area contributed by atoms with Gasteiger partial charge in [-0.15, -0.1) is 0 Å². The number of nitrogens with one attached hydrogen (secondary N) is 2. The lowest BCUT2D eigenvalue weighted by molar-refractivity contribution is 0.0614. The van der Waals surface area contributed by atoms with E-state index in [1.165, 1.54) is 24.0 Å². The summed E-state index contributed by atoms with van der Waals surface area (Å²) in [6.45, 7) is 8.73. The Bertz CT molecular complexity index is 1760. The molecule has 3 aromatic carbocycles. The zero-order chi connectivity index (χ0) is 30.0. The maximum atomic E-state index is 15.1. The Morgan fingerprint density at radius 1 is 1.07 bits per heavy atom. The molecule has 0 saturated heterocycles. The van der Waals surface area contributed by atoms with Gasteiger partial charge in [0.05, 0.1) is 17.3 Å². The summed E-state index contributed by atoms with van der Waals surface area (Å²) in [5.41, 5.74) is -4.20. The number of furan rings is 1. The van der Waals surface area contributed by atoms with Gasteiger partial charge in [0.2, 0.25) is 0 Å². The van der Waals surface area contributed by atoms with Gasteiger partial charge in [-0.25, -0.2) is 13.6 Å². The Morgan fingerprint density at radius 3 is 2.37 bits per heavy atom. The summed E-state index contributed by atoms with van der Waals surface area (Å²) in [5.74, 6) is -1.63. The maximum absolute atomic E-state index is 15.1. The summed E-state index contributed by atoms with van der Waals surface area (Å²) in [4.78, 5) is 38.5. The van der Waals surface area contributed by atoms with Crippen LogP contribution in [0.25, 0.3) is 0 Å². The fraction of sp³-hybridized carbons (Fsp3) is 0.300. The fourth-order valence-corrected chi connectivity index (χ4v) is 5.35. The molecule has 2 heterocycles. The lowest BCUT2D eigenvalue weighted by Crippen LogP contribution is -2.41. The van der Waals surface area contributed by atoms with E-state index in [4.69, 9.17) is 4.42 Å². The molecule has 0 amide bonds. The Kier molecular flexibility index (Phi) is 6.53. The number of carboxylic acid groups (broad SMARTS) is 1. The van der Waals surface area contributed by atoms with Crippen molar-refractivity contribution in [2.24, 2.45) is 5.41 Å². The summed E-state index contributed by atoms with van der Waals surface area (Å²) in [6.07, 6.45) is 0. The van der Waals surface area contributed by atoms with E-state index < -0.39 is 51.2 Å². The monoisotopic (exact) mass is 565 g/mol. The van der Waals surface area contributed by atoms with Crippen molar-refractivity contribution in [1.82, 2.24) is 0 Å². The minimum atomic E-state index is -1.98. The molecule has 5 rings (SSSR count). The normalized spacial score (nSPS) is 17.5. The molecule has 1 aliphatic rings. The van der Waals surface area contributed by atoms with E-state index in [1.54, 1.807) is 19.1 Å². The number of carbonyl (C=O) groups is 1. The first kappa shape index (κ1) is 28.0. The van der Waals surface area contributed by atoms with E-state index >= 15 is 4.39 Å². The smallest absolute Gasteiger partial charge is 0.337 e. The van der Waals surface area contributed by atoms with Crippen molar-refractivity contribution in [3.8, 4) is 0 Å². The number of nitrogens with zero attached hydrogens (tertiary/aromatic N) is 1. The highest BCUT2D eigenvalue weighted by atomic mass is 19.1. The second-order valence-electron chi connectivity index (χ2n) is 11.4. The summed E-state index contributed by atoms with van der Waals surface area (Å²) >= 11 is 0. The average Bonchev–Trinajstić information content (AvgIpc) is 3.44. The molecule has 4 aromatic rings. The number of benzene rings is 2. The topological polar surface area (TPSA) is 132 Å². The molecule has 0 radical (unpaired) electrons. The van der Waals surface area contributed by atoms with Crippen LogP contribution in [0.2, 0.25) is 0 Å². The van der Waals surface area contributed by atoms with E-state index in [2.05, 4.69) is 10.6 Å². The first-order valence-electron chi connectivity index (χ1n) is 12.9. The highest BCUT2D eigenvalue weighted by Gasteiger charge is 2.45. The van der Waals surface area contributed by atoms with Crippen molar-refractivity contribution in [3.63, 3.8) is 0 Å². The number of rotatable bonds is 7. The Labute approximate surface area is 233 Å². The minimum absolute atomic E-state index is 0.0169. The summed E-state index contributed by atoms with van der Waals surface area (Å²) < 4.78 is 34.7. The molecule has 1 aromatic heterocycles. The Balaban J connectivity index is 1.55. The molecule has 1 unspecified atom stereocenters. The highest BCUT2D eigenvalue weighted by Crippen LogP contribution is 2.47. The van der Waals surface area contributed by atoms with Gasteiger partial charge in [0.15, 0.2) is 5.72 Å². The standard InChI is InChI=1S/C30H29F2N3O6/c1-14-6-11-21(41-14)27(29(2,3)4)34-24-23(25(36)26(24)37)33-19-9-8-18(32)17-13-35(30(5,40)22(17)19)20-10-7-15(31)12-16(20)28(38)39/h6-12,27,33-34,40H,13H2,1-5H3,(H,38,39)/t27-,30?/m0/s1. The number of fused-ring (bicyclic) bond motifs is 1. The van der Waals surface area contributed by atoms with E-state index in [0.717, 1.165) is 18.2 Å². The van der Waals surface area contributed by atoms with Gasteiger partial charge in [0, 0.05) is 23.4 Å². The van der Waals surface area contributed by atoms with Crippen molar-refractivity contribution in [3.05, 3.63) is 103 Å². The van der Waals surface area contributed by atoms with Gasteiger partial charge >= 0.3 is 5.97 Å². The molecule has 0 aliphatic carbocycles. The molecule has 4 N–H and O–H groups in total. The van der Waals surface area contributed by atoms with Crippen molar-refractivity contribution < 1.29 is 28.2 Å². The fourth-order valence-electron chi connectivity index (χ4n) is 5.35. The van der Waals surface area contributed by atoms with Crippen LogP contribution in [-0.4, -0.2) is 16.2 Å². The number of anilines is 4. The van der Waals surface area contributed by atoms with Gasteiger partial charge in [0.25, 0.3) is 10.9 Å². The number of aromatic carboxylic acids is 1. The van der Waals surface area contributed by atoms with Crippen molar-refractivity contribution >= 4 is 28.7 Å². The number of hydrogen-bond donors (Lipinski definition) is 4. The van der Waals surface area contributed by atoms with Gasteiger partial charge in [0.1, 0.15) is 34.5 Å². The molecule has 0 fully saturated rings. The van der Waals surface area contributed by atoms with Crippen LogP contribution >= 0.6 is 0 Å². The quantitative estimate of drug-likeness (QED) is 0.221. The van der Waals surface area contributed by atoms with Gasteiger partial charge in [-0.3, -0.25) is 9.59 Å². The molecule has 9 nitrogen and oxygen atoms in total. The molecular weight excluding hydrogens is 536 g/mol. The number of halogens is 2. The molecule has 1 aliphatic heterocycles. The second-order valence-corrected chi connectivity index (χ2v) is 11.4. The molecule has 214 valence electrons. The Morgan fingerprint density at radius 2 is 1.76 bits per heavy atom. The largest absolute Gasteiger partial charge is 0.478 e. The third kappa shape index (κ3) is 4.65. The van der Waals surface area contributed by atoms with E-state index in [-0.39, 0.29) is 40.4 Å². The summed E-state index contributed by atoms with van der Waals surface area (Å²) in [7, 11) is 0. The SMILES string of the molecule is Cc1ccc([C@H](Nc2c(Nc3ccc(F)c4c3C(C)(O)N(c3ccc(F)cc3C(=O)O)C4)c(=O)c2=O)C(C)(C)C)o1. The summed E-state index contributed by atoms with van der Waals surface area (Å²) in [6, 6.07) is 8.64. The second kappa shape index (κ2) is 9.55. The zero-order valence-electron chi connectivity index (χ0n) is 23.1. The third-order valence-electron chi connectivity index (χ3n) is 7.42. The molecule has 11 heteroatoms.